The van der Waals surface area contributed by atoms with E-state index in [0.29, 0.717) is 11.6 Å². The normalized spacial score (nSPS) is 15.3. The Bertz CT molecular complexity index is 1150. The van der Waals surface area contributed by atoms with Gasteiger partial charge in [-0.15, -0.1) is 0 Å². The Morgan fingerprint density at radius 2 is 1.89 bits per heavy atom. The monoisotopic (exact) mass is 377 g/mol. The van der Waals surface area contributed by atoms with Crippen molar-refractivity contribution in [1.82, 2.24) is 15.3 Å². The zero-order chi connectivity index (χ0) is 18.6. The van der Waals surface area contributed by atoms with Crippen molar-refractivity contribution in [2.45, 2.75) is 26.3 Å². The topological polar surface area (TPSA) is 60.7 Å². The number of carbonyl (C=O) groups excluding carboxylic acids is 1. The summed E-state index contributed by atoms with van der Waals surface area (Å²) in [4.78, 5) is 19.0. The van der Waals surface area contributed by atoms with Crippen LogP contribution in [0.15, 0.2) is 48.5 Å². The van der Waals surface area contributed by atoms with E-state index in [4.69, 9.17) is 11.6 Å². The Labute approximate surface area is 161 Å². The Hall–Kier alpha value is -2.72. The summed E-state index contributed by atoms with van der Waals surface area (Å²) in [5, 5.41) is 5.94. The van der Waals surface area contributed by atoms with Crippen LogP contribution in [0.4, 0.5) is 0 Å². The predicted octanol–water partition coefficient (Wildman–Crippen LogP) is 5.39. The molecule has 2 aromatic carbocycles. The smallest absolute Gasteiger partial charge is 0.226 e. The summed E-state index contributed by atoms with van der Waals surface area (Å²) in [6.07, 6.45) is 1.96. The largest absolute Gasteiger partial charge is 0.357 e. The first-order valence-corrected chi connectivity index (χ1v) is 9.57. The van der Waals surface area contributed by atoms with Crippen LogP contribution in [0.25, 0.3) is 33.1 Å². The molecule has 0 bridgehead atoms. The van der Waals surface area contributed by atoms with E-state index in [9.17, 15) is 4.79 Å². The zero-order valence-electron chi connectivity index (χ0n) is 15.0. The Morgan fingerprint density at radius 1 is 1.07 bits per heavy atom. The molecular weight excluding hydrogens is 358 g/mol. The van der Waals surface area contributed by atoms with Crippen molar-refractivity contribution in [2.24, 2.45) is 5.41 Å². The molecule has 136 valence electrons. The van der Waals surface area contributed by atoms with Crippen LogP contribution < -0.4 is 5.32 Å². The van der Waals surface area contributed by atoms with Crippen molar-refractivity contribution in [1.29, 1.82) is 0 Å². The molecule has 4 nitrogen and oxygen atoms in total. The van der Waals surface area contributed by atoms with Gasteiger partial charge in [-0.25, -0.2) is 0 Å². The van der Waals surface area contributed by atoms with Crippen LogP contribution in [0.2, 0.25) is 5.02 Å². The molecule has 5 heteroatoms. The van der Waals surface area contributed by atoms with E-state index in [-0.39, 0.29) is 11.3 Å². The highest BCUT2D eigenvalue weighted by molar-refractivity contribution is 6.34. The Balaban J connectivity index is 1.46. The number of aromatic amines is 2. The molecule has 2 heterocycles. The SMILES string of the molecule is CC1(C(=O)NCc2cc3cc(Cl)c(-c4cc5ccccc5[nH]4)cc3[nH]2)CC1. The quantitative estimate of drug-likeness (QED) is 0.439. The molecule has 4 aromatic rings. The fraction of sp³-hybridized carbons (Fsp3) is 0.227. The molecule has 0 saturated heterocycles. The van der Waals surface area contributed by atoms with Crippen LogP contribution in [0.5, 0.6) is 0 Å². The predicted molar refractivity (Wildman–Crippen MR) is 110 cm³/mol. The fourth-order valence-electron chi connectivity index (χ4n) is 3.54. The number of aromatic nitrogens is 2. The summed E-state index contributed by atoms with van der Waals surface area (Å²) in [5.41, 5.74) is 4.88. The summed E-state index contributed by atoms with van der Waals surface area (Å²) in [6.45, 7) is 2.52. The highest BCUT2D eigenvalue weighted by Gasteiger charge is 2.44. The molecule has 3 N–H and O–H groups in total. The van der Waals surface area contributed by atoms with E-state index in [1.165, 1.54) is 0 Å². The molecule has 0 radical (unpaired) electrons. The molecule has 5 rings (SSSR count). The van der Waals surface area contributed by atoms with Gasteiger partial charge in [-0.1, -0.05) is 36.7 Å². The molecular formula is C22H20ClN3O. The van der Waals surface area contributed by atoms with Crippen molar-refractivity contribution in [3.63, 3.8) is 0 Å². The minimum absolute atomic E-state index is 0.137. The molecule has 0 spiro atoms. The summed E-state index contributed by atoms with van der Waals surface area (Å²) in [5.74, 6) is 0.137. The van der Waals surface area contributed by atoms with Crippen molar-refractivity contribution >= 4 is 39.3 Å². The summed E-state index contributed by atoms with van der Waals surface area (Å²) in [7, 11) is 0. The third-order valence-corrected chi connectivity index (χ3v) is 5.88. The molecule has 2 aromatic heterocycles. The first-order valence-electron chi connectivity index (χ1n) is 9.19. The third kappa shape index (κ3) is 2.90. The summed E-state index contributed by atoms with van der Waals surface area (Å²) < 4.78 is 0. The first-order chi connectivity index (χ1) is 13.0. The number of H-pyrrole nitrogens is 2. The first kappa shape index (κ1) is 16.5. The van der Waals surface area contributed by atoms with Crippen LogP contribution in [0, 0.1) is 5.41 Å². The average molecular weight is 378 g/mol. The lowest BCUT2D eigenvalue weighted by Crippen LogP contribution is -2.29. The van der Waals surface area contributed by atoms with Crippen molar-refractivity contribution in [3.05, 3.63) is 59.2 Å². The molecule has 27 heavy (non-hydrogen) atoms. The van der Waals surface area contributed by atoms with E-state index in [1.807, 2.05) is 31.2 Å². The Morgan fingerprint density at radius 3 is 2.67 bits per heavy atom. The number of amides is 1. The van der Waals surface area contributed by atoms with Crippen LogP contribution in [0.1, 0.15) is 25.5 Å². The number of para-hydroxylation sites is 1. The summed E-state index contributed by atoms with van der Waals surface area (Å²) in [6, 6.07) is 16.4. The van der Waals surface area contributed by atoms with Gasteiger partial charge >= 0.3 is 0 Å². The second-order valence-electron chi connectivity index (χ2n) is 7.73. The van der Waals surface area contributed by atoms with Crippen molar-refractivity contribution in [2.75, 3.05) is 0 Å². The van der Waals surface area contributed by atoms with Gasteiger partial charge in [-0.3, -0.25) is 4.79 Å². The van der Waals surface area contributed by atoms with Gasteiger partial charge in [0.2, 0.25) is 5.91 Å². The van der Waals surface area contributed by atoms with Gasteiger partial charge in [0.05, 0.1) is 11.6 Å². The molecule has 0 aliphatic heterocycles. The van der Waals surface area contributed by atoms with E-state index < -0.39 is 0 Å². The molecule has 1 fully saturated rings. The second-order valence-corrected chi connectivity index (χ2v) is 8.13. The lowest BCUT2D eigenvalue weighted by atomic mass is 10.1. The van der Waals surface area contributed by atoms with Gasteiger partial charge in [0.1, 0.15) is 0 Å². The van der Waals surface area contributed by atoms with E-state index >= 15 is 0 Å². The molecule has 1 amide bonds. The molecule has 0 unspecified atom stereocenters. The molecule has 1 saturated carbocycles. The number of hydrogen-bond donors (Lipinski definition) is 3. The third-order valence-electron chi connectivity index (χ3n) is 5.57. The standard InChI is InChI=1S/C22H20ClN3O/c1-22(6-7-22)21(27)24-12-15-8-14-9-17(23)16(11-19(14)25-15)20-10-13-4-2-3-5-18(13)26-20/h2-5,8-11,25-26H,6-7,12H2,1H3,(H,24,27). The van der Waals surface area contributed by atoms with Gasteiger partial charge in [-0.2, -0.15) is 0 Å². The molecule has 0 atom stereocenters. The lowest BCUT2D eigenvalue weighted by molar-refractivity contribution is -0.125. The van der Waals surface area contributed by atoms with Crippen LogP contribution >= 0.6 is 11.6 Å². The van der Waals surface area contributed by atoms with Gasteiger partial charge in [-0.05, 0) is 43.2 Å². The number of halogens is 1. The Kier molecular flexibility index (Phi) is 3.59. The number of fused-ring (bicyclic) bond motifs is 2. The lowest BCUT2D eigenvalue weighted by Gasteiger charge is -2.08. The average Bonchev–Trinajstić information content (AvgIpc) is 3.11. The fourth-order valence-corrected chi connectivity index (χ4v) is 3.81. The summed E-state index contributed by atoms with van der Waals surface area (Å²) >= 11 is 6.57. The maximum atomic E-state index is 12.1. The van der Waals surface area contributed by atoms with Crippen LogP contribution in [-0.2, 0) is 11.3 Å². The van der Waals surface area contributed by atoms with Crippen LogP contribution in [0.3, 0.4) is 0 Å². The van der Waals surface area contributed by atoms with E-state index in [2.05, 4.69) is 39.6 Å². The zero-order valence-corrected chi connectivity index (χ0v) is 15.8. The molecule has 1 aliphatic rings. The van der Waals surface area contributed by atoms with Crippen molar-refractivity contribution < 1.29 is 4.79 Å². The highest BCUT2D eigenvalue weighted by Crippen LogP contribution is 2.45. The maximum Gasteiger partial charge on any atom is 0.226 e. The number of nitrogens with one attached hydrogen (secondary N) is 3. The van der Waals surface area contributed by atoms with E-state index in [0.717, 1.165) is 51.6 Å². The minimum atomic E-state index is -0.155. The van der Waals surface area contributed by atoms with Crippen molar-refractivity contribution in [3.8, 4) is 11.3 Å². The number of hydrogen-bond acceptors (Lipinski definition) is 1. The number of carbonyl (C=O) groups is 1. The van der Waals surface area contributed by atoms with Gasteiger partial charge < -0.3 is 15.3 Å². The minimum Gasteiger partial charge on any atom is -0.357 e. The molecule has 1 aliphatic carbocycles. The number of rotatable bonds is 4. The van der Waals surface area contributed by atoms with E-state index in [1.54, 1.807) is 0 Å². The second kappa shape index (κ2) is 5.89. The highest BCUT2D eigenvalue weighted by atomic mass is 35.5. The van der Waals surface area contributed by atoms with Gasteiger partial charge in [0.25, 0.3) is 0 Å². The van der Waals surface area contributed by atoms with Gasteiger partial charge in [0, 0.05) is 44.2 Å². The maximum absolute atomic E-state index is 12.1. The number of benzene rings is 2. The van der Waals surface area contributed by atoms with Gasteiger partial charge in [0.15, 0.2) is 0 Å². The van der Waals surface area contributed by atoms with Crippen LogP contribution in [-0.4, -0.2) is 15.9 Å².